The Hall–Kier alpha value is -4.00. The second kappa shape index (κ2) is 7.79. The molecule has 2 heterocycles. The van der Waals surface area contributed by atoms with E-state index in [1.54, 1.807) is 7.11 Å². The summed E-state index contributed by atoms with van der Waals surface area (Å²) in [6.45, 7) is 0. The Balaban J connectivity index is 1.74. The number of hydrogen-bond donors (Lipinski definition) is 2. The first-order chi connectivity index (χ1) is 14.5. The number of fused-ring (bicyclic) bond motifs is 1. The average molecular weight is 401 g/mol. The molecule has 1 amide bonds. The summed E-state index contributed by atoms with van der Waals surface area (Å²) >= 11 is 0. The van der Waals surface area contributed by atoms with Gasteiger partial charge in [-0.1, -0.05) is 6.07 Å². The number of methoxy groups -OCH3 is 1. The smallest absolute Gasteiger partial charge is 0.252 e. The number of carbonyl (C=O) groups is 1. The lowest BCUT2D eigenvalue weighted by atomic mass is 10.1. The van der Waals surface area contributed by atoms with Crippen molar-refractivity contribution in [2.75, 3.05) is 24.4 Å². The minimum Gasteiger partial charge on any atom is -0.497 e. The summed E-state index contributed by atoms with van der Waals surface area (Å²) in [7, 11) is 5.55. The molecule has 0 saturated heterocycles. The number of pyridine rings is 1. The predicted molar refractivity (Wildman–Crippen MR) is 120 cm³/mol. The molecule has 4 rings (SSSR count). The first-order valence-electron chi connectivity index (χ1n) is 9.46. The van der Waals surface area contributed by atoms with Crippen molar-refractivity contribution < 1.29 is 9.53 Å². The van der Waals surface area contributed by atoms with Crippen LogP contribution in [0.3, 0.4) is 0 Å². The highest BCUT2D eigenvalue weighted by atomic mass is 16.5. The van der Waals surface area contributed by atoms with Gasteiger partial charge in [-0.25, -0.2) is 4.98 Å². The van der Waals surface area contributed by atoms with Crippen LogP contribution in [0.15, 0.2) is 67.0 Å². The number of nitrogens with zero attached hydrogens (tertiary/aromatic N) is 3. The third-order valence-corrected chi connectivity index (χ3v) is 5.14. The molecule has 0 aliphatic carbocycles. The van der Waals surface area contributed by atoms with Gasteiger partial charge in [0.1, 0.15) is 11.6 Å². The van der Waals surface area contributed by atoms with E-state index >= 15 is 0 Å². The van der Waals surface area contributed by atoms with Crippen LogP contribution in [-0.2, 0) is 7.05 Å². The first kappa shape index (κ1) is 19.3. The zero-order valence-corrected chi connectivity index (χ0v) is 17.1. The highest BCUT2D eigenvalue weighted by Gasteiger charge is 2.17. The summed E-state index contributed by atoms with van der Waals surface area (Å²) in [5.74, 6) is 0.849. The summed E-state index contributed by atoms with van der Waals surface area (Å²) in [6.07, 6.45) is 3.52. The number of nitrogens with one attached hydrogen (secondary N) is 1. The van der Waals surface area contributed by atoms with Crippen LogP contribution < -0.4 is 20.7 Å². The normalized spacial score (nSPS) is 10.8. The van der Waals surface area contributed by atoms with Crippen molar-refractivity contribution in [3.8, 4) is 5.75 Å². The predicted octanol–water partition coefficient (Wildman–Crippen LogP) is 4.19. The number of amides is 1. The average Bonchev–Trinajstić information content (AvgIpc) is 3.14. The van der Waals surface area contributed by atoms with E-state index in [4.69, 9.17) is 10.5 Å². The van der Waals surface area contributed by atoms with Crippen LogP contribution in [0.5, 0.6) is 5.75 Å². The number of anilines is 4. The van der Waals surface area contributed by atoms with Gasteiger partial charge in [-0.2, -0.15) is 0 Å². The first-order valence-corrected chi connectivity index (χ1v) is 9.46. The number of aromatic nitrogens is 2. The lowest BCUT2D eigenvalue weighted by Crippen LogP contribution is -2.19. The number of benzene rings is 2. The molecule has 0 aliphatic rings. The molecule has 4 aromatic rings. The molecule has 0 spiro atoms. The molecular weight excluding hydrogens is 378 g/mol. The lowest BCUT2D eigenvalue weighted by Gasteiger charge is -2.23. The van der Waals surface area contributed by atoms with E-state index < -0.39 is 5.91 Å². The minimum absolute atomic E-state index is 0.353. The molecule has 7 heteroatoms. The number of nitrogens with two attached hydrogens (primary N) is 1. The summed E-state index contributed by atoms with van der Waals surface area (Å²) in [5, 5.41) is 4.34. The molecule has 0 radical (unpaired) electrons. The minimum atomic E-state index is -0.527. The summed E-state index contributed by atoms with van der Waals surface area (Å²) < 4.78 is 7.26. The number of carbonyl (C=O) groups excluding carboxylic acids is 1. The van der Waals surface area contributed by atoms with Crippen LogP contribution in [0.1, 0.15) is 10.4 Å². The molecule has 0 atom stereocenters. The van der Waals surface area contributed by atoms with E-state index in [2.05, 4.69) is 27.0 Å². The molecule has 7 nitrogen and oxygen atoms in total. The Morgan fingerprint density at radius 1 is 1.13 bits per heavy atom. The van der Waals surface area contributed by atoms with Crippen molar-refractivity contribution in [2.24, 2.45) is 12.8 Å². The highest BCUT2D eigenvalue weighted by Crippen LogP contribution is 2.34. The number of rotatable bonds is 6. The van der Waals surface area contributed by atoms with Gasteiger partial charge in [-0.15, -0.1) is 0 Å². The van der Waals surface area contributed by atoms with E-state index in [0.717, 1.165) is 28.0 Å². The molecule has 0 aliphatic heterocycles. The number of hydrogen-bond acceptors (Lipinski definition) is 5. The fourth-order valence-electron chi connectivity index (χ4n) is 3.51. The van der Waals surface area contributed by atoms with Crippen molar-refractivity contribution in [1.29, 1.82) is 0 Å². The van der Waals surface area contributed by atoms with E-state index in [1.165, 1.54) is 6.20 Å². The maximum Gasteiger partial charge on any atom is 0.252 e. The van der Waals surface area contributed by atoms with Crippen molar-refractivity contribution in [1.82, 2.24) is 9.55 Å². The van der Waals surface area contributed by atoms with Crippen LogP contribution in [0.4, 0.5) is 22.9 Å². The molecule has 2 aromatic carbocycles. The molecular formula is C23H23N5O2. The van der Waals surface area contributed by atoms with Gasteiger partial charge in [-0.05, 0) is 42.5 Å². The van der Waals surface area contributed by atoms with E-state index in [1.807, 2.05) is 67.7 Å². The third kappa shape index (κ3) is 3.53. The van der Waals surface area contributed by atoms with Crippen molar-refractivity contribution in [3.05, 3.63) is 72.6 Å². The van der Waals surface area contributed by atoms with Gasteiger partial charge in [0.05, 0.1) is 24.0 Å². The van der Waals surface area contributed by atoms with Gasteiger partial charge in [-0.3, -0.25) is 4.79 Å². The maximum absolute atomic E-state index is 12.1. The molecule has 0 unspecified atom stereocenters. The fourth-order valence-corrected chi connectivity index (χ4v) is 3.51. The summed E-state index contributed by atoms with van der Waals surface area (Å²) in [5.41, 5.74) is 9.59. The van der Waals surface area contributed by atoms with E-state index in [9.17, 15) is 4.79 Å². The molecule has 0 saturated carbocycles. The van der Waals surface area contributed by atoms with Crippen molar-refractivity contribution in [2.45, 2.75) is 0 Å². The molecule has 0 fully saturated rings. The number of aryl methyl sites for hydroxylation is 1. The molecule has 152 valence electrons. The molecule has 2 aromatic heterocycles. The fraction of sp³-hybridized carbons (Fsp3) is 0.130. The van der Waals surface area contributed by atoms with Gasteiger partial charge < -0.3 is 25.3 Å². The highest BCUT2D eigenvalue weighted by molar-refractivity contribution is 6.02. The van der Waals surface area contributed by atoms with E-state index in [-0.39, 0.29) is 0 Å². The topological polar surface area (TPSA) is 85.4 Å². The Morgan fingerprint density at radius 3 is 2.60 bits per heavy atom. The van der Waals surface area contributed by atoms with Crippen molar-refractivity contribution in [3.63, 3.8) is 0 Å². The van der Waals surface area contributed by atoms with Gasteiger partial charge in [0.2, 0.25) is 0 Å². The third-order valence-electron chi connectivity index (χ3n) is 5.14. The Bertz CT molecular complexity index is 1210. The van der Waals surface area contributed by atoms with Crippen molar-refractivity contribution >= 4 is 39.7 Å². The Kier molecular flexibility index (Phi) is 5.02. The SMILES string of the molecule is COc1ccc(Nc2cc(N(C)c3cccc4c3ccn4C)c(C(N)=O)cn2)cc1. The Labute approximate surface area is 174 Å². The van der Waals surface area contributed by atoms with Crippen LogP contribution >= 0.6 is 0 Å². The summed E-state index contributed by atoms with van der Waals surface area (Å²) in [4.78, 5) is 18.4. The second-order valence-corrected chi connectivity index (χ2v) is 7.00. The van der Waals surface area contributed by atoms with Crippen LogP contribution in [0.25, 0.3) is 10.9 Å². The summed E-state index contributed by atoms with van der Waals surface area (Å²) in [6, 6.07) is 17.5. The van der Waals surface area contributed by atoms with Gasteiger partial charge in [0, 0.05) is 49.1 Å². The zero-order valence-electron chi connectivity index (χ0n) is 17.1. The van der Waals surface area contributed by atoms with Crippen LogP contribution in [0.2, 0.25) is 0 Å². The largest absolute Gasteiger partial charge is 0.497 e. The van der Waals surface area contributed by atoms with Crippen LogP contribution in [0, 0.1) is 0 Å². The van der Waals surface area contributed by atoms with Gasteiger partial charge in [0.25, 0.3) is 5.91 Å². The zero-order chi connectivity index (χ0) is 21.3. The number of primary amides is 1. The standard InChI is InChI=1S/C23H23N5O2/c1-27-12-11-17-19(27)5-4-6-20(17)28(2)21-13-22(25-14-18(21)23(24)29)26-15-7-9-16(30-3)10-8-15/h4-14H,1-3H3,(H2,24,29)(H,25,26). The molecule has 3 N–H and O–H groups in total. The van der Waals surface area contributed by atoms with Gasteiger partial charge in [0.15, 0.2) is 0 Å². The molecule has 0 bridgehead atoms. The van der Waals surface area contributed by atoms with Gasteiger partial charge >= 0.3 is 0 Å². The Morgan fingerprint density at radius 2 is 1.90 bits per heavy atom. The number of ether oxygens (including phenoxy) is 1. The van der Waals surface area contributed by atoms with E-state index in [0.29, 0.717) is 17.1 Å². The quantitative estimate of drug-likeness (QED) is 0.506. The lowest BCUT2D eigenvalue weighted by molar-refractivity contribution is 0.100. The maximum atomic E-state index is 12.1. The second-order valence-electron chi connectivity index (χ2n) is 7.00. The van der Waals surface area contributed by atoms with Crippen LogP contribution in [-0.4, -0.2) is 29.6 Å². The monoisotopic (exact) mass is 401 g/mol. The molecule has 30 heavy (non-hydrogen) atoms.